The molecule has 5 nitrogen and oxygen atoms in total. The first kappa shape index (κ1) is 15.4. The van der Waals surface area contributed by atoms with Gasteiger partial charge in [0.25, 0.3) is 6.43 Å². The maximum Gasteiger partial charge on any atom is 0.315 e. The Hall–Kier alpha value is -0.950. The molecule has 0 aliphatic carbocycles. The fourth-order valence-corrected chi connectivity index (χ4v) is 2.75. The Balaban J connectivity index is 1.60. The first-order chi connectivity index (χ1) is 9.63. The molecular formula is C13H23F2N3O2. The van der Waals surface area contributed by atoms with Gasteiger partial charge in [-0.25, -0.2) is 13.6 Å². The van der Waals surface area contributed by atoms with Gasteiger partial charge in [0.15, 0.2) is 0 Å². The molecule has 2 N–H and O–H groups in total. The normalized spacial score (nSPS) is 27.8. The van der Waals surface area contributed by atoms with Crippen LogP contribution in [0.5, 0.6) is 0 Å². The van der Waals surface area contributed by atoms with Crippen LogP contribution in [0.15, 0.2) is 0 Å². The lowest BCUT2D eigenvalue weighted by Crippen LogP contribution is -2.45. The summed E-state index contributed by atoms with van der Waals surface area (Å²) >= 11 is 0. The van der Waals surface area contributed by atoms with E-state index in [0.29, 0.717) is 32.2 Å². The van der Waals surface area contributed by atoms with Gasteiger partial charge in [0, 0.05) is 32.3 Å². The van der Waals surface area contributed by atoms with E-state index in [0.717, 1.165) is 25.9 Å². The minimum absolute atomic E-state index is 0.0312. The number of carbonyl (C=O) groups excluding carboxylic acids is 1. The molecule has 0 radical (unpaired) electrons. The van der Waals surface area contributed by atoms with Crippen molar-refractivity contribution in [3.8, 4) is 0 Å². The van der Waals surface area contributed by atoms with E-state index in [1.807, 2.05) is 0 Å². The van der Waals surface area contributed by atoms with Crippen LogP contribution in [-0.4, -0.2) is 62.8 Å². The topological polar surface area (TPSA) is 53.6 Å². The number of urea groups is 1. The molecule has 7 heteroatoms. The Morgan fingerprint density at radius 2 is 2.25 bits per heavy atom. The van der Waals surface area contributed by atoms with E-state index in [1.54, 1.807) is 4.90 Å². The summed E-state index contributed by atoms with van der Waals surface area (Å²) in [7, 11) is 0. The van der Waals surface area contributed by atoms with Gasteiger partial charge >= 0.3 is 6.03 Å². The number of halogens is 2. The number of amides is 2. The highest BCUT2D eigenvalue weighted by molar-refractivity contribution is 5.74. The quantitative estimate of drug-likeness (QED) is 0.796. The Kier molecular flexibility index (Phi) is 5.97. The summed E-state index contributed by atoms with van der Waals surface area (Å²) in [5, 5.41) is 5.68. The molecule has 2 fully saturated rings. The second kappa shape index (κ2) is 7.73. The van der Waals surface area contributed by atoms with Crippen molar-refractivity contribution in [3.63, 3.8) is 0 Å². The smallest absolute Gasteiger partial charge is 0.315 e. The second-order valence-corrected chi connectivity index (χ2v) is 5.57. The van der Waals surface area contributed by atoms with Crippen LogP contribution < -0.4 is 10.6 Å². The zero-order chi connectivity index (χ0) is 14.4. The number of likely N-dealkylation sites (tertiary alicyclic amines) is 1. The van der Waals surface area contributed by atoms with Gasteiger partial charge in [-0.3, -0.25) is 4.90 Å². The molecule has 2 rings (SSSR count). The van der Waals surface area contributed by atoms with E-state index >= 15 is 0 Å². The van der Waals surface area contributed by atoms with Crippen molar-refractivity contribution in [2.24, 2.45) is 5.92 Å². The Morgan fingerprint density at radius 1 is 1.40 bits per heavy atom. The lowest BCUT2D eigenvalue weighted by molar-refractivity contribution is 0.0557. The molecule has 0 aromatic carbocycles. The van der Waals surface area contributed by atoms with E-state index < -0.39 is 6.43 Å². The number of carbonyl (C=O) groups is 1. The molecule has 2 amide bonds. The summed E-state index contributed by atoms with van der Waals surface area (Å²) in [6.07, 6.45) is 0.534. The average Bonchev–Trinajstić information content (AvgIpc) is 2.84. The molecule has 116 valence electrons. The summed E-state index contributed by atoms with van der Waals surface area (Å²) in [5.41, 5.74) is 0. The van der Waals surface area contributed by atoms with Crippen molar-refractivity contribution >= 4 is 6.03 Å². The molecule has 0 saturated carbocycles. The van der Waals surface area contributed by atoms with Crippen LogP contribution in [0.1, 0.15) is 19.3 Å². The predicted octanol–water partition coefficient (Wildman–Crippen LogP) is 1.05. The number of nitrogens with zero attached hydrogens (tertiary/aromatic N) is 1. The van der Waals surface area contributed by atoms with Crippen LogP contribution in [0.3, 0.4) is 0 Å². The molecule has 2 unspecified atom stereocenters. The molecule has 0 aromatic heterocycles. The third-order valence-electron chi connectivity index (χ3n) is 3.81. The summed E-state index contributed by atoms with van der Waals surface area (Å²) in [5.74, 6) is 0.383. The number of rotatable bonds is 5. The average molecular weight is 291 g/mol. The molecule has 2 saturated heterocycles. The predicted molar refractivity (Wildman–Crippen MR) is 70.9 cm³/mol. The maximum atomic E-state index is 12.2. The van der Waals surface area contributed by atoms with Gasteiger partial charge in [0.2, 0.25) is 0 Å². The van der Waals surface area contributed by atoms with Crippen LogP contribution >= 0.6 is 0 Å². The summed E-state index contributed by atoms with van der Waals surface area (Å²) < 4.78 is 29.8. The monoisotopic (exact) mass is 291 g/mol. The van der Waals surface area contributed by atoms with Crippen molar-refractivity contribution < 1.29 is 18.3 Å². The maximum absolute atomic E-state index is 12.2. The van der Waals surface area contributed by atoms with E-state index in [1.165, 1.54) is 0 Å². The van der Waals surface area contributed by atoms with Crippen molar-refractivity contribution in [3.05, 3.63) is 0 Å². The van der Waals surface area contributed by atoms with Crippen LogP contribution in [-0.2, 0) is 4.74 Å². The summed E-state index contributed by atoms with van der Waals surface area (Å²) in [6, 6.07) is -0.240. The number of ether oxygens (including phenoxy) is 1. The molecular weight excluding hydrogens is 268 g/mol. The van der Waals surface area contributed by atoms with Crippen LogP contribution in [0, 0.1) is 5.92 Å². The fourth-order valence-electron chi connectivity index (χ4n) is 2.75. The highest BCUT2D eigenvalue weighted by atomic mass is 19.3. The first-order valence-corrected chi connectivity index (χ1v) is 7.26. The number of alkyl halides is 2. The number of nitrogens with one attached hydrogen (secondary N) is 2. The van der Waals surface area contributed by atoms with Crippen molar-refractivity contribution in [1.82, 2.24) is 15.5 Å². The summed E-state index contributed by atoms with van der Waals surface area (Å²) in [6.45, 7) is 3.03. The van der Waals surface area contributed by atoms with Crippen molar-refractivity contribution in [2.75, 3.05) is 39.4 Å². The Labute approximate surface area is 118 Å². The van der Waals surface area contributed by atoms with E-state index in [-0.39, 0.29) is 18.6 Å². The highest BCUT2D eigenvalue weighted by Gasteiger charge is 2.25. The standard InChI is InChI=1S/C13H23F2N3O2/c14-12(15)8-18-4-3-11(7-18)17-13(19)16-6-10-2-1-5-20-9-10/h10-12H,1-9H2,(H2,16,17,19). The molecule has 20 heavy (non-hydrogen) atoms. The second-order valence-electron chi connectivity index (χ2n) is 5.57. The zero-order valence-corrected chi connectivity index (χ0v) is 11.6. The molecule has 0 aromatic rings. The van der Waals surface area contributed by atoms with Crippen LogP contribution in [0.4, 0.5) is 13.6 Å². The van der Waals surface area contributed by atoms with E-state index in [2.05, 4.69) is 10.6 Å². The number of hydrogen-bond acceptors (Lipinski definition) is 3. The summed E-state index contributed by atoms with van der Waals surface area (Å²) in [4.78, 5) is 13.4. The molecule has 0 bridgehead atoms. The molecule has 2 heterocycles. The van der Waals surface area contributed by atoms with Gasteiger partial charge in [0.1, 0.15) is 0 Å². The van der Waals surface area contributed by atoms with Gasteiger partial charge in [-0.05, 0) is 25.2 Å². The van der Waals surface area contributed by atoms with Gasteiger partial charge < -0.3 is 15.4 Å². The Morgan fingerprint density at radius 3 is 2.95 bits per heavy atom. The zero-order valence-electron chi connectivity index (χ0n) is 11.6. The minimum Gasteiger partial charge on any atom is -0.381 e. The minimum atomic E-state index is -2.31. The lowest BCUT2D eigenvalue weighted by atomic mass is 10.0. The third kappa shape index (κ3) is 5.20. The molecule has 2 aliphatic rings. The highest BCUT2D eigenvalue weighted by Crippen LogP contribution is 2.13. The SMILES string of the molecule is O=C(NCC1CCCOC1)NC1CCN(CC(F)F)C1. The van der Waals surface area contributed by atoms with Gasteiger partial charge in [-0.15, -0.1) is 0 Å². The number of hydrogen-bond donors (Lipinski definition) is 2. The molecule has 0 spiro atoms. The molecule has 2 atom stereocenters. The van der Waals surface area contributed by atoms with E-state index in [9.17, 15) is 13.6 Å². The van der Waals surface area contributed by atoms with Gasteiger partial charge in [0.05, 0.1) is 13.2 Å². The largest absolute Gasteiger partial charge is 0.381 e. The van der Waals surface area contributed by atoms with Crippen molar-refractivity contribution in [1.29, 1.82) is 0 Å². The van der Waals surface area contributed by atoms with Gasteiger partial charge in [-0.2, -0.15) is 0 Å². The Bertz CT molecular complexity index is 312. The third-order valence-corrected chi connectivity index (χ3v) is 3.81. The van der Waals surface area contributed by atoms with Crippen LogP contribution in [0.2, 0.25) is 0 Å². The molecule has 2 aliphatic heterocycles. The van der Waals surface area contributed by atoms with Gasteiger partial charge in [-0.1, -0.05) is 0 Å². The lowest BCUT2D eigenvalue weighted by Gasteiger charge is -2.23. The fraction of sp³-hybridized carbons (Fsp3) is 0.923. The van der Waals surface area contributed by atoms with E-state index in [4.69, 9.17) is 4.74 Å². The van der Waals surface area contributed by atoms with Crippen LogP contribution in [0.25, 0.3) is 0 Å². The first-order valence-electron chi connectivity index (χ1n) is 7.26. The van der Waals surface area contributed by atoms with Crippen molar-refractivity contribution in [2.45, 2.75) is 31.7 Å².